The molecule has 1 rings (SSSR count). The maximum Gasteiger partial charge on any atom is 0.00928 e. The van der Waals surface area contributed by atoms with Gasteiger partial charge in [-0.1, -0.05) is 33.6 Å². The van der Waals surface area contributed by atoms with Gasteiger partial charge in [-0.2, -0.15) is 0 Å². The Morgan fingerprint density at radius 1 is 1.12 bits per heavy atom. The molecule has 0 radical (unpaired) electrons. The van der Waals surface area contributed by atoms with Gasteiger partial charge < -0.3 is 5.73 Å². The maximum absolute atomic E-state index is 6.05. The molecule has 0 bridgehead atoms. The van der Waals surface area contributed by atoms with Crippen LogP contribution in [0.1, 0.15) is 65.7 Å². The van der Waals surface area contributed by atoms with Gasteiger partial charge in [-0.15, -0.1) is 0 Å². The molecule has 2 N–H and O–H groups in total. The molecule has 1 unspecified atom stereocenters. The summed E-state index contributed by atoms with van der Waals surface area (Å²) >= 11 is 0. The quantitative estimate of drug-likeness (QED) is 0.771. The molecule has 0 spiro atoms. The highest BCUT2D eigenvalue weighted by Crippen LogP contribution is 2.29. The lowest BCUT2D eigenvalue weighted by Gasteiger charge is -2.39. The minimum Gasteiger partial charge on any atom is -0.330 e. The maximum atomic E-state index is 6.05. The topological polar surface area (TPSA) is 29.3 Å². The molecule has 0 aromatic heterocycles. The van der Waals surface area contributed by atoms with Gasteiger partial charge in [-0.25, -0.2) is 0 Å². The number of nitrogens with two attached hydrogens (primary N) is 1. The van der Waals surface area contributed by atoms with Crippen LogP contribution in [0.4, 0.5) is 0 Å². The van der Waals surface area contributed by atoms with Crippen LogP contribution in [0, 0.1) is 5.41 Å². The number of hydrogen-bond acceptors (Lipinski definition) is 2. The van der Waals surface area contributed by atoms with Crippen LogP contribution in [-0.4, -0.2) is 30.6 Å². The van der Waals surface area contributed by atoms with Crippen LogP contribution in [0.5, 0.6) is 0 Å². The summed E-state index contributed by atoms with van der Waals surface area (Å²) in [6.45, 7) is 10.3. The highest BCUT2D eigenvalue weighted by Gasteiger charge is 2.30. The van der Waals surface area contributed by atoms with E-state index in [1.54, 1.807) is 0 Å². The normalized spacial score (nSPS) is 23.6. The van der Waals surface area contributed by atoms with E-state index >= 15 is 0 Å². The second-order valence-corrected chi connectivity index (χ2v) is 5.79. The minimum absolute atomic E-state index is 0.359. The zero-order valence-corrected chi connectivity index (χ0v) is 12.2. The lowest BCUT2D eigenvalue weighted by molar-refractivity contribution is 0.104. The van der Waals surface area contributed by atoms with Crippen molar-refractivity contribution in [3.05, 3.63) is 0 Å². The monoisotopic (exact) mass is 240 g/mol. The van der Waals surface area contributed by atoms with E-state index in [0.717, 1.165) is 12.6 Å². The smallest absolute Gasteiger partial charge is 0.00928 e. The first-order valence-electron chi connectivity index (χ1n) is 7.65. The second-order valence-electron chi connectivity index (χ2n) is 5.79. The highest BCUT2D eigenvalue weighted by atomic mass is 15.2. The van der Waals surface area contributed by atoms with Gasteiger partial charge in [0.2, 0.25) is 0 Å². The van der Waals surface area contributed by atoms with Crippen molar-refractivity contribution in [2.45, 2.75) is 71.8 Å². The van der Waals surface area contributed by atoms with Crippen molar-refractivity contribution in [3.8, 4) is 0 Å². The van der Waals surface area contributed by atoms with E-state index in [9.17, 15) is 0 Å². The Morgan fingerprint density at radius 2 is 1.82 bits per heavy atom. The Balaban J connectivity index is 2.67. The van der Waals surface area contributed by atoms with Gasteiger partial charge in [-0.05, 0) is 50.6 Å². The molecule has 1 saturated heterocycles. The van der Waals surface area contributed by atoms with E-state index in [4.69, 9.17) is 5.73 Å². The van der Waals surface area contributed by atoms with Crippen LogP contribution < -0.4 is 5.73 Å². The fourth-order valence-corrected chi connectivity index (χ4v) is 3.16. The lowest BCUT2D eigenvalue weighted by atomic mass is 9.81. The van der Waals surface area contributed by atoms with Crippen molar-refractivity contribution in [1.29, 1.82) is 0 Å². The fraction of sp³-hybridized carbons (Fsp3) is 1.00. The summed E-state index contributed by atoms with van der Waals surface area (Å²) in [7, 11) is 0. The molecule has 1 fully saturated rings. The molecule has 0 aromatic carbocycles. The molecule has 1 heterocycles. The van der Waals surface area contributed by atoms with E-state index < -0.39 is 0 Å². The van der Waals surface area contributed by atoms with Crippen molar-refractivity contribution in [2.24, 2.45) is 11.1 Å². The predicted octanol–water partition coefficient (Wildman–Crippen LogP) is 3.41. The Labute approximate surface area is 108 Å². The van der Waals surface area contributed by atoms with Gasteiger partial charge >= 0.3 is 0 Å². The zero-order valence-electron chi connectivity index (χ0n) is 12.2. The summed E-state index contributed by atoms with van der Waals surface area (Å²) in [6, 6.07) is 0.807. The summed E-state index contributed by atoms with van der Waals surface area (Å²) in [5.74, 6) is 0. The third-order valence-electron chi connectivity index (χ3n) is 4.94. The Hall–Kier alpha value is -0.0800. The average Bonchev–Trinajstić information content (AvgIpc) is 2.61. The van der Waals surface area contributed by atoms with E-state index in [-0.39, 0.29) is 0 Å². The summed E-state index contributed by atoms with van der Waals surface area (Å²) in [5.41, 5.74) is 6.40. The first-order valence-corrected chi connectivity index (χ1v) is 7.65. The van der Waals surface area contributed by atoms with Crippen LogP contribution in [0.3, 0.4) is 0 Å². The van der Waals surface area contributed by atoms with E-state index in [1.165, 1.54) is 58.0 Å². The first kappa shape index (κ1) is 15.0. The van der Waals surface area contributed by atoms with Gasteiger partial charge in [0.15, 0.2) is 0 Å². The van der Waals surface area contributed by atoms with Gasteiger partial charge in [0.05, 0.1) is 0 Å². The molecule has 0 aromatic rings. The number of likely N-dealkylation sites (tertiary alicyclic amines) is 1. The van der Waals surface area contributed by atoms with E-state index in [0.29, 0.717) is 5.41 Å². The molecule has 1 atom stereocenters. The number of hydrogen-bond donors (Lipinski definition) is 1. The van der Waals surface area contributed by atoms with Crippen molar-refractivity contribution in [1.82, 2.24) is 4.90 Å². The van der Waals surface area contributed by atoms with Gasteiger partial charge in [0.25, 0.3) is 0 Å². The molecule has 0 saturated carbocycles. The minimum atomic E-state index is 0.359. The first-order chi connectivity index (χ1) is 8.21. The van der Waals surface area contributed by atoms with Crippen LogP contribution in [0.2, 0.25) is 0 Å². The second kappa shape index (κ2) is 7.38. The molecule has 0 amide bonds. The largest absolute Gasteiger partial charge is 0.330 e. The summed E-state index contributed by atoms with van der Waals surface area (Å²) in [5, 5.41) is 0. The molecular weight excluding hydrogens is 208 g/mol. The predicted molar refractivity (Wildman–Crippen MR) is 76.2 cm³/mol. The van der Waals surface area contributed by atoms with Crippen molar-refractivity contribution in [3.63, 3.8) is 0 Å². The molecule has 2 heteroatoms. The summed E-state index contributed by atoms with van der Waals surface area (Å²) in [6.07, 6.45) is 9.34. The Morgan fingerprint density at radius 3 is 2.35 bits per heavy atom. The average molecular weight is 240 g/mol. The third-order valence-corrected chi connectivity index (χ3v) is 4.94. The van der Waals surface area contributed by atoms with E-state index in [1.807, 2.05) is 0 Å². The van der Waals surface area contributed by atoms with Crippen molar-refractivity contribution >= 4 is 0 Å². The standard InChI is InChI=1S/C15H32N2/c1-4-14-10-8-7-9-11-17(14)13-15(5-2,6-3)12-16/h14H,4-13,16H2,1-3H3. The van der Waals surface area contributed by atoms with Crippen LogP contribution in [0.25, 0.3) is 0 Å². The molecule has 2 nitrogen and oxygen atoms in total. The van der Waals surface area contributed by atoms with Gasteiger partial charge in [0.1, 0.15) is 0 Å². The third kappa shape index (κ3) is 3.96. The zero-order chi connectivity index (χ0) is 12.7. The lowest BCUT2D eigenvalue weighted by Crippen LogP contribution is -2.46. The van der Waals surface area contributed by atoms with Crippen LogP contribution >= 0.6 is 0 Å². The fourth-order valence-electron chi connectivity index (χ4n) is 3.16. The number of nitrogens with zero attached hydrogens (tertiary/aromatic N) is 1. The molecule has 1 aliphatic heterocycles. The van der Waals surface area contributed by atoms with Crippen LogP contribution in [0.15, 0.2) is 0 Å². The molecule has 17 heavy (non-hydrogen) atoms. The molecule has 0 aliphatic carbocycles. The number of rotatable bonds is 6. The molecular formula is C15H32N2. The summed E-state index contributed by atoms with van der Waals surface area (Å²) in [4.78, 5) is 2.74. The van der Waals surface area contributed by atoms with Gasteiger partial charge in [0, 0.05) is 12.6 Å². The Bertz CT molecular complexity index is 191. The SMILES string of the molecule is CCC1CCCCCN1CC(CC)(CC)CN. The molecule has 102 valence electrons. The van der Waals surface area contributed by atoms with E-state index in [2.05, 4.69) is 25.7 Å². The van der Waals surface area contributed by atoms with Crippen molar-refractivity contribution < 1.29 is 0 Å². The van der Waals surface area contributed by atoms with Gasteiger partial charge in [-0.3, -0.25) is 4.90 Å². The summed E-state index contributed by atoms with van der Waals surface area (Å²) < 4.78 is 0. The Kier molecular flexibility index (Phi) is 6.50. The van der Waals surface area contributed by atoms with Crippen LogP contribution in [-0.2, 0) is 0 Å². The van der Waals surface area contributed by atoms with Crippen molar-refractivity contribution in [2.75, 3.05) is 19.6 Å². The molecule has 1 aliphatic rings. The highest BCUT2D eigenvalue weighted by molar-refractivity contribution is 4.85.